The summed E-state index contributed by atoms with van der Waals surface area (Å²) in [4.78, 5) is 29.4. The Labute approximate surface area is 249 Å². The predicted molar refractivity (Wildman–Crippen MR) is 162 cm³/mol. The van der Waals surface area contributed by atoms with E-state index in [-0.39, 0.29) is 11.4 Å². The molecule has 1 heterocycles. The fourth-order valence-electron chi connectivity index (χ4n) is 4.32. The van der Waals surface area contributed by atoms with Crippen LogP contribution in [-0.4, -0.2) is 37.3 Å². The molecule has 10 heteroatoms. The lowest BCUT2D eigenvalue weighted by Crippen LogP contribution is -2.19. The molecule has 4 aromatic carbocycles. The molecule has 1 aromatic heterocycles. The van der Waals surface area contributed by atoms with E-state index in [4.69, 9.17) is 25.8 Å². The lowest BCUT2D eigenvalue weighted by atomic mass is 10.0. The Balaban J connectivity index is 1.44. The van der Waals surface area contributed by atoms with Gasteiger partial charge in [0.1, 0.15) is 22.9 Å². The zero-order valence-corrected chi connectivity index (χ0v) is 24.2. The fraction of sp³-hybridized carbons (Fsp3) is 0.0645. The van der Waals surface area contributed by atoms with Gasteiger partial charge in [-0.1, -0.05) is 63.9 Å². The summed E-state index contributed by atoms with van der Waals surface area (Å²) in [6, 6.07) is 24.4. The van der Waals surface area contributed by atoms with Gasteiger partial charge >= 0.3 is 5.97 Å². The number of aromatic amines is 1. The third-order valence-corrected chi connectivity index (χ3v) is 7.24. The number of amides is 1. The molecule has 0 atom stereocenters. The Hall–Kier alpha value is -4.60. The maximum absolute atomic E-state index is 13.5. The van der Waals surface area contributed by atoms with Crippen LogP contribution >= 0.6 is 27.5 Å². The average molecular weight is 633 g/mol. The van der Waals surface area contributed by atoms with Crippen molar-refractivity contribution >= 4 is 56.5 Å². The molecular formula is C31H23BrClN3O5. The van der Waals surface area contributed by atoms with Gasteiger partial charge in [0, 0.05) is 31.6 Å². The van der Waals surface area contributed by atoms with E-state index in [1.807, 2.05) is 24.3 Å². The van der Waals surface area contributed by atoms with E-state index in [1.165, 1.54) is 13.3 Å². The maximum atomic E-state index is 13.5. The maximum Gasteiger partial charge on any atom is 0.343 e. The van der Waals surface area contributed by atoms with Gasteiger partial charge in [0.05, 0.1) is 31.5 Å². The van der Waals surface area contributed by atoms with Crippen molar-refractivity contribution in [2.45, 2.75) is 0 Å². The summed E-state index contributed by atoms with van der Waals surface area (Å²) in [5.74, 6) is 0.304. The molecular weight excluding hydrogens is 610 g/mol. The Morgan fingerprint density at radius 3 is 2.49 bits per heavy atom. The van der Waals surface area contributed by atoms with Gasteiger partial charge in [-0.05, 0) is 48.5 Å². The van der Waals surface area contributed by atoms with E-state index >= 15 is 0 Å². The fourth-order valence-corrected chi connectivity index (χ4v) is 5.08. The van der Waals surface area contributed by atoms with Gasteiger partial charge in [0.15, 0.2) is 0 Å². The lowest BCUT2D eigenvalue weighted by molar-refractivity contribution is 0.0733. The number of hydrazone groups is 1. The number of para-hydroxylation sites is 1. The number of hydrogen-bond acceptors (Lipinski definition) is 6. The van der Waals surface area contributed by atoms with E-state index in [9.17, 15) is 9.59 Å². The van der Waals surface area contributed by atoms with Crippen molar-refractivity contribution in [3.63, 3.8) is 0 Å². The molecule has 0 aliphatic carbocycles. The van der Waals surface area contributed by atoms with E-state index in [0.717, 1.165) is 9.86 Å². The zero-order valence-electron chi connectivity index (χ0n) is 21.9. The van der Waals surface area contributed by atoms with Gasteiger partial charge in [-0.3, -0.25) is 4.79 Å². The highest BCUT2D eigenvalue weighted by molar-refractivity contribution is 9.10. The monoisotopic (exact) mass is 631 g/mol. The lowest BCUT2D eigenvalue weighted by Gasteiger charge is -2.09. The minimum absolute atomic E-state index is 0.244. The highest BCUT2D eigenvalue weighted by Gasteiger charge is 2.24. The number of fused-ring (bicyclic) bond motifs is 1. The van der Waals surface area contributed by atoms with Crippen LogP contribution in [0.5, 0.6) is 17.2 Å². The first-order valence-corrected chi connectivity index (χ1v) is 13.5. The number of nitrogens with one attached hydrogen (secondary N) is 2. The highest BCUT2D eigenvalue weighted by Crippen LogP contribution is 2.42. The third kappa shape index (κ3) is 5.82. The first-order valence-electron chi connectivity index (χ1n) is 12.3. The van der Waals surface area contributed by atoms with Crippen LogP contribution < -0.4 is 19.6 Å². The van der Waals surface area contributed by atoms with E-state index in [1.54, 1.807) is 67.8 Å². The quantitative estimate of drug-likeness (QED) is 0.0812. The first-order chi connectivity index (χ1) is 19.9. The summed E-state index contributed by atoms with van der Waals surface area (Å²) in [6.45, 7) is 0. The molecule has 0 spiro atoms. The number of benzene rings is 4. The number of esters is 1. The first kappa shape index (κ1) is 27.9. The molecule has 0 bridgehead atoms. The van der Waals surface area contributed by atoms with Crippen LogP contribution in [0.3, 0.4) is 0 Å². The summed E-state index contributed by atoms with van der Waals surface area (Å²) in [7, 11) is 3.08. The molecule has 0 fully saturated rings. The molecule has 0 aliphatic heterocycles. The van der Waals surface area contributed by atoms with Crippen molar-refractivity contribution in [1.29, 1.82) is 0 Å². The van der Waals surface area contributed by atoms with E-state index in [0.29, 0.717) is 44.3 Å². The van der Waals surface area contributed by atoms with Crippen molar-refractivity contribution in [3.8, 4) is 28.4 Å². The van der Waals surface area contributed by atoms with Crippen LogP contribution in [0, 0.1) is 0 Å². The standard InChI is InChI=1S/C31H23BrClN3O5/c1-39-20-10-7-9-18(16-20)31(38)41-24-13-6-3-8-19(24)17-34-36-30(37)29-26(21-11-4-5-12-23(21)33)27-22(32)14-15-25(40-2)28(27)35-29/h3-17,35H,1-2H3,(H,36,37). The molecule has 5 rings (SSSR count). The second kappa shape index (κ2) is 12.3. The number of ether oxygens (including phenoxy) is 3. The summed E-state index contributed by atoms with van der Waals surface area (Å²) in [6.07, 6.45) is 1.40. The Morgan fingerprint density at radius 1 is 0.927 bits per heavy atom. The van der Waals surface area contributed by atoms with Gasteiger partial charge in [0.25, 0.3) is 5.91 Å². The summed E-state index contributed by atoms with van der Waals surface area (Å²) in [5, 5.41) is 5.36. The molecule has 1 amide bonds. The molecule has 0 saturated carbocycles. The van der Waals surface area contributed by atoms with Crippen molar-refractivity contribution in [2.75, 3.05) is 14.2 Å². The number of carbonyl (C=O) groups is 2. The number of halogens is 2. The van der Waals surface area contributed by atoms with Gasteiger partial charge in [-0.2, -0.15) is 5.10 Å². The van der Waals surface area contributed by atoms with Crippen molar-refractivity contribution < 1.29 is 23.8 Å². The molecule has 0 radical (unpaired) electrons. The van der Waals surface area contributed by atoms with Gasteiger partial charge < -0.3 is 19.2 Å². The zero-order chi connectivity index (χ0) is 28.9. The van der Waals surface area contributed by atoms with Gasteiger partial charge in [0.2, 0.25) is 0 Å². The summed E-state index contributed by atoms with van der Waals surface area (Å²) >= 11 is 10.2. The largest absolute Gasteiger partial charge is 0.497 e. The van der Waals surface area contributed by atoms with Crippen LogP contribution in [0.25, 0.3) is 22.0 Å². The second-order valence-corrected chi connectivity index (χ2v) is 9.97. The molecule has 8 nitrogen and oxygen atoms in total. The predicted octanol–water partition coefficient (Wildman–Crippen LogP) is 7.25. The molecule has 0 saturated heterocycles. The molecule has 206 valence electrons. The Bertz CT molecular complexity index is 1800. The summed E-state index contributed by atoms with van der Waals surface area (Å²) in [5.41, 5.74) is 5.51. The third-order valence-electron chi connectivity index (χ3n) is 6.25. The van der Waals surface area contributed by atoms with E-state index < -0.39 is 11.9 Å². The average Bonchev–Trinajstić information content (AvgIpc) is 3.40. The van der Waals surface area contributed by atoms with Crippen LogP contribution in [-0.2, 0) is 0 Å². The number of methoxy groups -OCH3 is 2. The van der Waals surface area contributed by atoms with Crippen LogP contribution in [0.2, 0.25) is 5.02 Å². The smallest absolute Gasteiger partial charge is 0.343 e. The number of nitrogens with zero attached hydrogens (tertiary/aromatic N) is 1. The minimum atomic E-state index is -0.559. The van der Waals surface area contributed by atoms with Crippen molar-refractivity contribution in [1.82, 2.24) is 10.4 Å². The molecule has 2 N–H and O–H groups in total. The number of hydrogen-bond donors (Lipinski definition) is 2. The van der Waals surface area contributed by atoms with Crippen molar-refractivity contribution in [3.05, 3.63) is 111 Å². The van der Waals surface area contributed by atoms with Gasteiger partial charge in [-0.25, -0.2) is 10.2 Å². The number of rotatable bonds is 8. The highest BCUT2D eigenvalue weighted by atomic mass is 79.9. The Kier molecular flexibility index (Phi) is 8.37. The van der Waals surface area contributed by atoms with E-state index in [2.05, 4.69) is 31.4 Å². The minimum Gasteiger partial charge on any atom is -0.497 e. The molecule has 41 heavy (non-hydrogen) atoms. The van der Waals surface area contributed by atoms with Crippen LogP contribution in [0.4, 0.5) is 0 Å². The number of aromatic nitrogens is 1. The van der Waals surface area contributed by atoms with Crippen LogP contribution in [0.1, 0.15) is 26.4 Å². The normalized spacial score (nSPS) is 11.0. The molecule has 5 aromatic rings. The van der Waals surface area contributed by atoms with Crippen LogP contribution in [0.15, 0.2) is 94.5 Å². The molecule has 0 unspecified atom stereocenters. The Morgan fingerprint density at radius 2 is 1.71 bits per heavy atom. The number of carbonyl (C=O) groups excluding carboxylic acids is 2. The van der Waals surface area contributed by atoms with Gasteiger partial charge in [-0.15, -0.1) is 0 Å². The second-order valence-electron chi connectivity index (χ2n) is 8.71. The summed E-state index contributed by atoms with van der Waals surface area (Å²) < 4.78 is 17.1. The molecule has 0 aliphatic rings. The van der Waals surface area contributed by atoms with Crippen molar-refractivity contribution in [2.24, 2.45) is 5.10 Å². The SMILES string of the molecule is COc1cccc(C(=O)Oc2ccccc2C=NNC(=O)c2[nH]c3c(OC)ccc(Br)c3c2-c2ccccc2Cl)c1. The number of H-pyrrole nitrogens is 1. The topological polar surface area (TPSA) is 102 Å².